The van der Waals surface area contributed by atoms with Crippen LogP contribution in [0.15, 0.2) is 0 Å². The average Bonchev–Trinajstić information content (AvgIpc) is 1.99. The van der Waals surface area contributed by atoms with E-state index in [1.54, 1.807) is 0 Å². The number of nitrogens with one attached hydrogen (secondary N) is 1. The quantitative estimate of drug-likeness (QED) is 0.708. The van der Waals surface area contributed by atoms with E-state index in [0.717, 1.165) is 0 Å². The van der Waals surface area contributed by atoms with E-state index in [1.165, 1.54) is 0 Å². The Labute approximate surface area is 81.8 Å². The average molecular weight is 207 g/mol. The van der Waals surface area contributed by atoms with Crippen molar-refractivity contribution in [3.8, 4) is 0 Å². The molecule has 0 aromatic rings. The van der Waals surface area contributed by atoms with Crippen LogP contribution in [0.25, 0.3) is 0 Å². The van der Waals surface area contributed by atoms with Crippen LogP contribution in [0.2, 0.25) is 0 Å². The normalized spacial score (nSPS) is 14.8. The van der Waals surface area contributed by atoms with Crippen LogP contribution in [-0.2, 0) is 9.84 Å². The second-order valence-corrected chi connectivity index (χ2v) is 5.98. The molecule has 0 amide bonds. The van der Waals surface area contributed by atoms with Gasteiger partial charge in [0.15, 0.2) is 9.84 Å². The molecule has 0 saturated heterocycles. The second kappa shape index (κ2) is 5.60. The molecule has 80 valence electrons. The zero-order valence-corrected chi connectivity index (χ0v) is 9.82. The molecule has 0 aromatic carbocycles. The Morgan fingerprint density at radius 3 is 2.15 bits per heavy atom. The van der Waals surface area contributed by atoms with Crippen molar-refractivity contribution in [3.05, 3.63) is 0 Å². The third-order valence-electron chi connectivity index (χ3n) is 2.12. The van der Waals surface area contributed by atoms with Crippen molar-refractivity contribution in [2.24, 2.45) is 5.92 Å². The lowest BCUT2D eigenvalue weighted by Crippen LogP contribution is -2.38. The first-order valence-corrected chi connectivity index (χ1v) is 6.62. The lowest BCUT2D eigenvalue weighted by Gasteiger charge is -2.19. The molecule has 1 unspecified atom stereocenters. The standard InChI is InChI=1S/C9H21NO2S/c1-5-6-13(11,12)7-9(10-4)8(2)3/h8-10H,5-7H2,1-4H3. The van der Waals surface area contributed by atoms with Crippen LogP contribution >= 0.6 is 0 Å². The number of hydrogen-bond donors (Lipinski definition) is 1. The molecule has 0 heterocycles. The lowest BCUT2D eigenvalue weighted by molar-refractivity contribution is 0.455. The molecule has 0 fully saturated rings. The highest BCUT2D eigenvalue weighted by atomic mass is 32.2. The van der Waals surface area contributed by atoms with Crippen molar-refractivity contribution in [2.45, 2.75) is 33.2 Å². The van der Waals surface area contributed by atoms with Crippen LogP contribution in [-0.4, -0.2) is 33.0 Å². The van der Waals surface area contributed by atoms with E-state index >= 15 is 0 Å². The van der Waals surface area contributed by atoms with Gasteiger partial charge in [-0.05, 0) is 19.4 Å². The number of hydrogen-bond acceptors (Lipinski definition) is 3. The Hall–Kier alpha value is -0.0900. The van der Waals surface area contributed by atoms with Crippen molar-refractivity contribution >= 4 is 9.84 Å². The fourth-order valence-electron chi connectivity index (χ4n) is 1.28. The zero-order chi connectivity index (χ0) is 10.5. The van der Waals surface area contributed by atoms with Gasteiger partial charge in [-0.2, -0.15) is 0 Å². The van der Waals surface area contributed by atoms with Gasteiger partial charge < -0.3 is 5.32 Å². The van der Waals surface area contributed by atoms with Gasteiger partial charge >= 0.3 is 0 Å². The summed E-state index contributed by atoms with van der Waals surface area (Å²) in [6.07, 6.45) is 0.705. The molecule has 0 aliphatic heterocycles. The Balaban J connectivity index is 4.23. The smallest absolute Gasteiger partial charge is 0.151 e. The highest BCUT2D eigenvalue weighted by Crippen LogP contribution is 2.05. The Morgan fingerprint density at radius 2 is 1.85 bits per heavy atom. The van der Waals surface area contributed by atoms with Crippen molar-refractivity contribution in [2.75, 3.05) is 18.6 Å². The molecule has 0 spiro atoms. The third kappa shape index (κ3) is 5.26. The third-order valence-corrected chi connectivity index (χ3v) is 4.02. The summed E-state index contributed by atoms with van der Waals surface area (Å²) in [6, 6.07) is 0.0801. The highest BCUT2D eigenvalue weighted by molar-refractivity contribution is 7.91. The summed E-state index contributed by atoms with van der Waals surface area (Å²) in [5.74, 6) is 0.920. The molecule has 3 nitrogen and oxygen atoms in total. The summed E-state index contributed by atoms with van der Waals surface area (Å²) in [5.41, 5.74) is 0. The number of rotatable bonds is 6. The van der Waals surface area contributed by atoms with E-state index in [4.69, 9.17) is 0 Å². The van der Waals surface area contributed by atoms with Crippen LogP contribution < -0.4 is 5.32 Å². The molecule has 0 aromatic heterocycles. The van der Waals surface area contributed by atoms with E-state index in [2.05, 4.69) is 5.32 Å². The Morgan fingerprint density at radius 1 is 1.31 bits per heavy atom. The largest absolute Gasteiger partial charge is 0.316 e. The zero-order valence-electron chi connectivity index (χ0n) is 9.00. The molecule has 4 heteroatoms. The molecule has 1 N–H and O–H groups in total. The first-order valence-electron chi connectivity index (χ1n) is 4.80. The molecule has 0 radical (unpaired) electrons. The molecule has 0 aliphatic rings. The second-order valence-electron chi connectivity index (χ2n) is 3.75. The van der Waals surface area contributed by atoms with Crippen molar-refractivity contribution < 1.29 is 8.42 Å². The summed E-state index contributed by atoms with van der Waals surface area (Å²) in [5, 5.41) is 3.04. The minimum Gasteiger partial charge on any atom is -0.316 e. The maximum Gasteiger partial charge on any atom is 0.151 e. The van der Waals surface area contributed by atoms with Gasteiger partial charge in [-0.25, -0.2) is 8.42 Å². The molecule has 13 heavy (non-hydrogen) atoms. The van der Waals surface area contributed by atoms with E-state index < -0.39 is 9.84 Å². The van der Waals surface area contributed by atoms with Gasteiger partial charge in [0, 0.05) is 11.8 Å². The van der Waals surface area contributed by atoms with Gasteiger partial charge in [-0.15, -0.1) is 0 Å². The molecule has 0 aliphatic carbocycles. The van der Waals surface area contributed by atoms with Crippen molar-refractivity contribution in [1.82, 2.24) is 5.32 Å². The minimum absolute atomic E-state index is 0.0801. The van der Waals surface area contributed by atoms with Crippen LogP contribution in [0.5, 0.6) is 0 Å². The van der Waals surface area contributed by atoms with Gasteiger partial charge in [-0.3, -0.25) is 0 Å². The van der Waals surface area contributed by atoms with E-state index in [0.29, 0.717) is 18.1 Å². The van der Waals surface area contributed by atoms with Crippen LogP contribution in [0.3, 0.4) is 0 Å². The summed E-state index contributed by atoms with van der Waals surface area (Å²) >= 11 is 0. The fraction of sp³-hybridized carbons (Fsp3) is 1.00. The predicted octanol–water partition coefficient (Wildman–Crippen LogP) is 1.06. The van der Waals surface area contributed by atoms with E-state index in [9.17, 15) is 8.42 Å². The van der Waals surface area contributed by atoms with Crippen molar-refractivity contribution in [1.29, 1.82) is 0 Å². The molecular weight excluding hydrogens is 186 g/mol. The Bertz CT molecular complexity index is 222. The molecule has 0 saturated carbocycles. The summed E-state index contributed by atoms with van der Waals surface area (Å²) in [4.78, 5) is 0. The Kier molecular flexibility index (Phi) is 5.56. The maximum atomic E-state index is 11.5. The molecular formula is C9H21NO2S. The van der Waals surface area contributed by atoms with E-state index in [-0.39, 0.29) is 11.8 Å². The van der Waals surface area contributed by atoms with Crippen LogP contribution in [0.4, 0.5) is 0 Å². The lowest BCUT2D eigenvalue weighted by atomic mass is 10.1. The molecule has 0 bridgehead atoms. The minimum atomic E-state index is -2.85. The molecule has 1 atom stereocenters. The molecule has 0 rings (SSSR count). The fourth-order valence-corrected chi connectivity index (χ4v) is 3.16. The van der Waals surface area contributed by atoms with Gasteiger partial charge in [0.05, 0.1) is 5.75 Å². The van der Waals surface area contributed by atoms with Gasteiger partial charge in [0.25, 0.3) is 0 Å². The first kappa shape index (κ1) is 12.9. The maximum absolute atomic E-state index is 11.5. The summed E-state index contributed by atoms with van der Waals surface area (Å²) in [7, 11) is -1.04. The van der Waals surface area contributed by atoms with Crippen molar-refractivity contribution in [3.63, 3.8) is 0 Å². The van der Waals surface area contributed by atoms with Crippen LogP contribution in [0.1, 0.15) is 27.2 Å². The van der Waals surface area contributed by atoms with Gasteiger partial charge in [0.2, 0.25) is 0 Å². The summed E-state index contributed by atoms with van der Waals surface area (Å²) in [6.45, 7) is 5.95. The summed E-state index contributed by atoms with van der Waals surface area (Å²) < 4.78 is 22.9. The van der Waals surface area contributed by atoms with Gasteiger partial charge in [0.1, 0.15) is 0 Å². The topological polar surface area (TPSA) is 46.2 Å². The van der Waals surface area contributed by atoms with Gasteiger partial charge in [-0.1, -0.05) is 20.8 Å². The highest BCUT2D eigenvalue weighted by Gasteiger charge is 2.19. The first-order chi connectivity index (χ1) is 5.93. The SMILES string of the molecule is CCCS(=O)(=O)CC(NC)C(C)C. The number of sulfone groups is 1. The van der Waals surface area contributed by atoms with E-state index in [1.807, 2.05) is 27.8 Å². The van der Waals surface area contributed by atoms with Crippen LogP contribution in [0, 0.1) is 5.92 Å². The monoisotopic (exact) mass is 207 g/mol. The predicted molar refractivity (Wildman–Crippen MR) is 56.6 cm³/mol.